The topological polar surface area (TPSA) is 128 Å². The molecule has 1 saturated heterocycles. The number of oxime groups is 1. The lowest BCUT2D eigenvalue weighted by molar-refractivity contribution is -0.136. The molecule has 10 nitrogen and oxygen atoms in total. The van der Waals surface area contributed by atoms with Gasteiger partial charge in [-0.05, 0) is 6.92 Å². The molecule has 2 rings (SSSR count). The van der Waals surface area contributed by atoms with E-state index < -0.39 is 28.6 Å². The molecule has 2 heterocycles. The minimum absolute atomic E-state index is 0.0820. The lowest BCUT2D eigenvalue weighted by Crippen LogP contribution is -2.26. The zero-order valence-electron chi connectivity index (χ0n) is 14.4. The van der Waals surface area contributed by atoms with E-state index in [0.717, 1.165) is 11.3 Å². The number of nitrogens with one attached hydrogen (secondary N) is 2. The maximum atomic E-state index is 12.1. The zero-order chi connectivity index (χ0) is 20.7. The normalized spacial score (nSPS) is 17.1. The van der Waals surface area contributed by atoms with Gasteiger partial charge >= 0.3 is 12.1 Å². The van der Waals surface area contributed by atoms with Crippen molar-refractivity contribution < 1.29 is 28.7 Å². The van der Waals surface area contributed by atoms with Gasteiger partial charge in [-0.2, -0.15) is 0 Å². The Kier molecular flexibility index (Phi) is 8.10. The van der Waals surface area contributed by atoms with Gasteiger partial charge < -0.3 is 19.6 Å². The van der Waals surface area contributed by atoms with Crippen LogP contribution in [0.5, 0.6) is 0 Å². The molecule has 1 unspecified atom stereocenters. The Labute approximate surface area is 178 Å². The molecule has 1 fully saturated rings. The van der Waals surface area contributed by atoms with Crippen LogP contribution >= 0.6 is 46.1 Å². The first kappa shape index (κ1) is 22.5. The van der Waals surface area contributed by atoms with E-state index in [1.165, 1.54) is 5.38 Å². The number of carbonyl (C=O) groups is 3. The third kappa shape index (κ3) is 6.97. The van der Waals surface area contributed by atoms with Crippen molar-refractivity contribution in [3.63, 3.8) is 0 Å². The summed E-state index contributed by atoms with van der Waals surface area (Å²) in [5.74, 6) is -1.12. The SMILES string of the molecule is CCOC(=O)C(=NOC1CCNC1=O)c1csc(NC(=O)OCC(Cl)(Cl)Cl)n1. The van der Waals surface area contributed by atoms with E-state index in [-0.39, 0.29) is 29.1 Å². The fourth-order valence-electron chi connectivity index (χ4n) is 1.89. The lowest BCUT2D eigenvalue weighted by atomic mass is 10.3. The molecule has 0 spiro atoms. The van der Waals surface area contributed by atoms with Crippen LogP contribution in [-0.2, 0) is 23.9 Å². The molecule has 0 bridgehead atoms. The zero-order valence-corrected chi connectivity index (χ0v) is 17.5. The average Bonchev–Trinajstić information content (AvgIpc) is 3.22. The van der Waals surface area contributed by atoms with Gasteiger partial charge in [0.15, 0.2) is 5.13 Å². The molecule has 1 aromatic rings. The second kappa shape index (κ2) is 10.1. The first-order valence-corrected chi connectivity index (χ1v) is 9.86. The van der Waals surface area contributed by atoms with E-state index in [1.807, 2.05) is 0 Å². The number of alkyl halides is 3. The highest BCUT2D eigenvalue weighted by Crippen LogP contribution is 2.26. The number of rotatable bonds is 7. The molecule has 1 aliphatic heterocycles. The Bertz CT molecular complexity index is 767. The molecule has 1 atom stereocenters. The fourth-order valence-corrected chi connectivity index (χ4v) is 2.73. The van der Waals surface area contributed by atoms with Crippen molar-refractivity contribution in [2.24, 2.45) is 5.16 Å². The van der Waals surface area contributed by atoms with Crippen LogP contribution in [0.3, 0.4) is 0 Å². The van der Waals surface area contributed by atoms with Gasteiger partial charge in [0.1, 0.15) is 12.3 Å². The lowest BCUT2D eigenvalue weighted by Gasteiger charge is -2.10. The van der Waals surface area contributed by atoms with Crippen molar-refractivity contribution in [3.05, 3.63) is 11.1 Å². The van der Waals surface area contributed by atoms with Gasteiger partial charge in [0.2, 0.25) is 15.6 Å². The highest BCUT2D eigenvalue weighted by atomic mass is 35.6. The minimum Gasteiger partial charge on any atom is -0.461 e. The number of anilines is 1. The van der Waals surface area contributed by atoms with Crippen molar-refractivity contribution in [3.8, 4) is 0 Å². The molecule has 1 aliphatic rings. The predicted molar refractivity (Wildman–Crippen MR) is 103 cm³/mol. The number of hydrogen-bond donors (Lipinski definition) is 2. The van der Waals surface area contributed by atoms with Crippen LogP contribution in [0.2, 0.25) is 0 Å². The summed E-state index contributed by atoms with van der Waals surface area (Å²) in [5, 5.41) is 10.2. The van der Waals surface area contributed by atoms with Crippen LogP contribution in [0.4, 0.5) is 9.93 Å². The van der Waals surface area contributed by atoms with Crippen molar-refractivity contribution in [1.29, 1.82) is 0 Å². The Morgan fingerprint density at radius 3 is 2.79 bits per heavy atom. The van der Waals surface area contributed by atoms with Crippen molar-refractivity contribution in [2.75, 3.05) is 25.1 Å². The number of aromatic nitrogens is 1. The van der Waals surface area contributed by atoms with Gasteiger partial charge in [0.25, 0.3) is 5.91 Å². The summed E-state index contributed by atoms with van der Waals surface area (Å²) in [5.41, 5.74) is -0.168. The minimum atomic E-state index is -1.75. The summed E-state index contributed by atoms with van der Waals surface area (Å²) in [6.45, 7) is 1.71. The molecule has 0 radical (unpaired) electrons. The second-order valence-corrected chi connectivity index (χ2v) is 8.56. The summed E-state index contributed by atoms with van der Waals surface area (Å²) in [4.78, 5) is 44.6. The van der Waals surface area contributed by atoms with Crippen molar-refractivity contribution >= 4 is 75.0 Å². The number of amides is 2. The average molecular weight is 474 g/mol. The Hall–Kier alpha value is -1.82. The summed E-state index contributed by atoms with van der Waals surface area (Å²) < 4.78 is 7.90. The van der Waals surface area contributed by atoms with E-state index >= 15 is 0 Å². The monoisotopic (exact) mass is 472 g/mol. The van der Waals surface area contributed by atoms with Crippen LogP contribution in [0.1, 0.15) is 19.0 Å². The van der Waals surface area contributed by atoms with Crippen molar-refractivity contribution in [1.82, 2.24) is 10.3 Å². The van der Waals surface area contributed by atoms with Crippen LogP contribution in [0.15, 0.2) is 10.5 Å². The highest BCUT2D eigenvalue weighted by molar-refractivity contribution is 7.14. The molecule has 14 heteroatoms. The molecular formula is C14H15Cl3N4O6S. The van der Waals surface area contributed by atoms with E-state index in [0.29, 0.717) is 13.0 Å². The van der Waals surface area contributed by atoms with Gasteiger partial charge in [0.05, 0.1) is 6.61 Å². The molecule has 2 N–H and O–H groups in total. The maximum absolute atomic E-state index is 12.1. The maximum Gasteiger partial charge on any atom is 0.413 e. The van der Waals surface area contributed by atoms with Gasteiger partial charge in [0, 0.05) is 18.3 Å². The number of nitrogens with zero attached hydrogens (tertiary/aromatic N) is 2. The molecular weight excluding hydrogens is 459 g/mol. The summed E-state index contributed by atoms with van der Waals surface area (Å²) in [6, 6.07) is 0. The Morgan fingerprint density at radius 2 is 2.18 bits per heavy atom. The van der Waals surface area contributed by atoms with Gasteiger partial charge in [-0.1, -0.05) is 40.0 Å². The molecule has 0 aliphatic carbocycles. The van der Waals surface area contributed by atoms with Crippen molar-refractivity contribution in [2.45, 2.75) is 23.2 Å². The van der Waals surface area contributed by atoms with E-state index in [4.69, 9.17) is 49.1 Å². The molecule has 154 valence electrons. The molecule has 1 aromatic heterocycles. The largest absolute Gasteiger partial charge is 0.461 e. The second-order valence-electron chi connectivity index (χ2n) is 5.19. The van der Waals surface area contributed by atoms with Crippen LogP contribution in [-0.4, -0.2) is 58.3 Å². The molecule has 0 aromatic carbocycles. The summed E-state index contributed by atoms with van der Waals surface area (Å²) in [6.07, 6.45) is -1.30. The van der Waals surface area contributed by atoms with E-state index in [2.05, 4.69) is 20.8 Å². The van der Waals surface area contributed by atoms with Gasteiger partial charge in [-0.3, -0.25) is 10.1 Å². The summed E-state index contributed by atoms with van der Waals surface area (Å²) >= 11 is 17.5. The third-order valence-corrected chi connectivity index (χ3v) is 4.15. The van der Waals surface area contributed by atoms with Crippen LogP contribution in [0, 0.1) is 0 Å². The van der Waals surface area contributed by atoms with Gasteiger partial charge in [-0.25, -0.2) is 14.6 Å². The standard InChI is InChI=1S/C14H15Cl3N4O6S/c1-2-25-11(23)9(21-27-8-3-4-18-10(8)22)7-5-28-12(19-7)20-13(24)26-6-14(15,16)17/h5,8H,2-4,6H2,1H3,(H,18,22)(H,19,20,24). The smallest absolute Gasteiger partial charge is 0.413 e. The number of ether oxygens (including phenoxy) is 2. The number of carbonyl (C=O) groups excluding carboxylic acids is 3. The predicted octanol–water partition coefficient (Wildman–Crippen LogP) is 2.23. The van der Waals surface area contributed by atoms with Crippen LogP contribution < -0.4 is 10.6 Å². The Balaban J connectivity index is 2.08. The number of hydrogen-bond acceptors (Lipinski definition) is 9. The molecule has 2 amide bonds. The van der Waals surface area contributed by atoms with Gasteiger partial charge in [-0.15, -0.1) is 11.3 Å². The van der Waals surface area contributed by atoms with E-state index in [1.54, 1.807) is 6.92 Å². The quantitative estimate of drug-likeness (QED) is 0.269. The number of esters is 1. The Morgan fingerprint density at radius 1 is 1.43 bits per heavy atom. The number of halogens is 3. The number of thiazole rings is 1. The fraction of sp³-hybridized carbons (Fsp3) is 0.500. The molecule has 28 heavy (non-hydrogen) atoms. The summed E-state index contributed by atoms with van der Waals surface area (Å²) in [7, 11) is 0. The first-order valence-electron chi connectivity index (χ1n) is 7.84. The van der Waals surface area contributed by atoms with E-state index in [9.17, 15) is 14.4 Å². The first-order chi connectivity index (χ1) is 13.2. The van der Waals surface area contributed by atoms with Crippen LogP contribution in [0.25, 0.3) is 0 Å². The third-order valence-electron chi connectivity index (χ3n) is 3.06. The highest BCUT2D eigenvalue weighted by Gasteiger charge is 2.28. The molecule has 0 saturated carbocycles.